The molecule has 9 nitrogen and oxygen atoms in total. The first kappa shape index (κ1) is 23.3. The highest BCUT2D eigenvalue weighted by Crippen LogP contribution is 2.29. The molecule has 1 aromatic heterocycles. The lowest BCUT2D eigenvalue weighted by Crippen LogP contribution is -2.32. The number of alkyl halides is 3. The third-order valence-electron chi connectivity index (χ3n) is 3.69. The summed E-state index contributed by atoms with van der Waals surface area (Å²) in [5.41, 5.74) is 3.22. The van der Waals surface area contributed by atoms with Crippen LogP contribution >= 0.6 is 0 Å². The smallest absolute Gasteiger partial charge is 0.464 e. The molecule has 1 aromatic carbocycles. The quantitative estimate of drug-likeness (QED) is 0.335. The average molecular weight is 430 g/mol. The zero-order valence-corrected chi connectivity index (χ0v) is 16.3. The minimum Gasteiger partial charge on any atom is -0.464 e. The van der Waals surface area contributed by atoms with Crippen LogP contribution in [0.1, 0.15) is 36.5 Å². The molecule has 0 saturated carbocycles. The summed E-state index contributed by atoms with van der Waals surface area (Å²) >= 11 is 0. The number of halogens is 3. The lowest BCUT2D eigenvalue weighted by atomic mass is 10.1. The van der Waals surface area contributed by atoms with E-state index in [0.717, 1.165) is 0 Å². The van der Waals surface area contributed by atoms with Crippen LogP contribution in [0.4, 0.5) is 13.2 Å². The molecule has 0 aliphatic rings. The fourth-order valence-electron chi connectivity index (χ4n) is 2.18. The number of ether oxygens (including phenoxy) is 1. The SMILES string of the molecule is CCOC(=O)[C@@H](C)ONCCCNC(=O)c1ccc(-c2noc(C(F)(F)F)n2)cc1. The van der Waals surface area contributed by atoms with Crippen LogP contribution in [0.2, 0.25) is 0 Å². The van der Waals surface area contributed by atoms with Crippen molar-refractivity contribution in [2.75, 3.05) is 19.7 Å². The molecule has 0 saturated heterocycles. The van der Waals surface area contributed by atoms with Gasteiger partial charge in [-0.05, 0) is 32.4 Å². The number of hydrogen-bond acceptors (Lipinski definition) is 8. The Morgan fingerprint density at radius 2 is 1.90 bits per heavy atom. The normalized spacial score (nSPS) is 12.4. The second kappa shape index (κ2) is 10.7. The molecule has 2 aromatic rings. The Morgan fingerprint density at radius 1 is 1.20 bits per heavy atom. The van der Waals surface area contributed by atoms with Crippen LogP contribution in [-0.4, -0.2) is 47.8 Å². The van der Waals surface area contributed by atoms with Gasteiger partial charge < -0.3 is 14.6 Å². The van der Waals surface area contributed by atoms with Crippen LogP contribution in [0.25, 0.3) is 11.4 Å². The molecule has 0 fully saturated rings. The fourth-order valence-corrected chi connectivity index (χ4v) is 2.18. The highest BCUT2D eigenvalue weighted by molar-refractivity contribution is 5.94. The van der Waals surface area contributed by atoms with Crippen LogP contribution < -0.4 is 10.8 Å². The molecule has 2 N–H and O–H groups in total. The van der Waals surface area contributed by atoms with Gasteiger partial charge in [0.2, 0.25) is 5.82 Å². The summed E-state index contributed by atoms with van der Waals surface area (Å²) in [4.78, 5) is 31.9. The molecule has 0 bridgehead atoms. The van der Waals surface area contributed by atoms with Gasteiger partial charge in [0, 0.05) is 24.2 Å². The van der Waals surface area contributed by atoms with E-state index in [1.165, 1.54) is 24.3 Å². The third kappa shape index (κ3) is 6.81. The van der Waals surface area contributed by atoms with Gasteiger partial charge in [-0.15, -0.1) is 0 Å². The number of carbonyl (C=O) groups is 2. The van der Waals surface area contributed by atoms with Gasteiger partial charge in [-0.2, -0.15) is 18.2 Å². The van der Waals surface area contributed by atoms with Crippen molar-refractivity contribution < 1.29 is 36.9 Å². The van der Waals surface area contributed by atoms with Crippen LogP contribution in [0, 0.1) is 0 Å². The lowest BCUT2D eigenvalue weighted by molar-refractivity contribution is -0.160. The summed E-state index contributed by atoms with van der Waals surface area (Å²) in [5.74, 6) is -2.49. The van der Waals surface area contributed by atoms with E-state index in [1.54, 1.807) is 13.8 Å². The number of aromatic nitrogens is 2. The predicted molar refractivity (Wildman–Crippen MR) is 96.9 cm³/mol. The number of hydrogen-bond donors (Lipinski definition) is 2. The second-order valence-corrected chi connectivity index (χ2v) is 6.01. The first-order valence-electron chi connectivity index (χ1n) is 9.07. The van der Waals surface area contributed by atoms with Crippen LogP contribution in [0.5, 0.6) is 0 Å². The van der Waals surface area contributed by atoms with Gasteiger partial charge in [0.15, 0.2) is 6.10 Å². The molecule has 1 atom stereocenters. The summed E-state index contributed by atoms with van der Waals surface area (Å²) in [6, 6.07) is 5.73. The summed E-state index contributed by atoms with van der Waals surface area (Å²) < 4.78 is 46.5. The van der Waals surface area contributed by atoms with Gasteiger partial charge in [-0.1, -0.05) is 17.3 Å². The third-order valence-corrected chi connectivity index (χ3v) is 3.69. The van der Waals surface area contributed by atoms with Crippen molar-refractivity contribution >= 4 is 11.9 Å². The highest BCUT2D eigenvalue weighted by Gasteiger charge is 2.38. The monoisotopic (exact) mass is 430 g/mol. The van der Waals surface area contributed by atoms with E-state index in [4.69, 9.17) is 9.57 Å². The number of esters is 1. The van der Waals surface area contributed by atoms with Gasteiger partial charge in [0.05, 0.1) is 6.61 Å². The molecule has 0 radical (unpaired) electrons. The number of nitrogens with zero attached hydrogens (tertiary/aromatic N) is 2. The van der Waals surface area contributed by atoms with E-state index in [0.29, 0.717) is 25.1 Å². The molecule has 30 heavy (non-hydrogen) atoms. The minimum atomic E-state index is -4.72. The largest absolute Gasteiger partial charge is 0.471 e. The molecule has 1 heterocycles. The van der Waals surface area contributed by atoms with Crippen molar-refractivity contribution in [1.82, 2.24) is 20.9 Å². The van der Waals surface area contributed by atoms with Crippen LogP contribution in [0.3, 0.4) is 0 Å². The van der Waals surface area contributed by atoms with E-state index in [1.807, 2.05) is 0 Å². The van der Waals surface area contributed by atoms with E-state index < -0.39 is 24.1 Å². The van der Waals surface area contributed by atoms with E-state index in [-0.39, 0.29) is 23.9 Å². The van der Waals surface area contributed by atoms with E-state index in [2.05, 4.69) is 25.5 Å². The van der Waals surface area contributed by atoms with Gasteiger partial charge in [0.25, 0.3) is 5.91 Å². The summed E-state index contributed by atoms with van der Waals surface area (Å²) in [5, 5.41) is 5.97. The summed E-state index contributed by atoms with van der Waals surface area (Å²) in [7, 11) is 0. The van der Waals surface area contributed by atoms with Crippen molar-refractivity contribution in [2.24, 2.45) is 0 Å². The second-order valence-electron chi connectivity index (χ2n) is 6.01. The first-order chi connectivity index (χ1) is 14.2. The van der Waals surface area contributed by atoms with Crippen molar-refractivity contribution in [3.8, 4) is 11.4 Å². The van der Waals surface area contributed by atoms with Crippen molar-refractivity contribution in [3.05, 3.63) is 35.7 Å². The maximum atomic E-state index is 12.5. The molecular weight excluding hydrogens is 409 g/mol. The molecule has 0 spiro atoms. The molecule has 1 amide bonds. The van der Waals surface area contributed by atoms with Gasteiger partial charge in [-0.3, -0.25) is 9.63 Å². The Labute approximate surface area is 169 Å². The van der Waals surface area contributed by atoms with E-state index in [9.17, 15) is 22.8 Å². The Morgan fingerprint density at radius 3 is 2.50 bits per heavy atom. The zero-order valence-electron chi connectivity index (χ0n) is 16.3. The van der Waals surface area contributed by atoms with Crippen LogP contribution in [0.15, 0.2) is 28.8 Å². The van der Waals surface area contributed by atoms with Crippen molar-refractivity contribution in [1.29, 1.82) is 0 Å². The zero-order chi connectivity index (χ0) is 22.1. The minimum absolute atomic E-state index is 0.225. The molecule has 0 unspecified atom stereocenters. The highest BCUT2D eigenvalue weighted by atomic mass is 19.4. The van der Waals surface area contributed by atoms with Crippen LogP contribution in [-0.2, 0) is 20.5 Å². The first-order valence-corrected chi connectivity index (χ1v) is 9.07. The maximum Gasteiger partial charge on any atom is 0.471 e. The van der Waals surface area contributed by atoms with Gasteiger partial charge >= 0.3 is 18.0 Å². The summed E-state index contributed by atoms with van der Waals surface area (Å²) in [6.45, 7) is 4.24. The number of nitrogens with one attached hydrogen (secondary N) is 2. The molecule has 0 aliphatic carbocycles. The topological polar surface area (TPSA) is 116 Å². The number of rotatable bonds is 10. The number of benzene rings is 1. The molecule has 164 valence electrons. The number of hydroxylamine groups is 1. The standard InChI is InChI=1S/C18H21F3N4O5/c1-3-28-16(27)11(2)29-23-10-4-9-22-15(26)13-7-5-12(6-8-13)14-24-17(30-25-14)18(19,20)21/h5-8,11,23H,3-4,9-10H2,1-2H3,(H,22,26)/t11-/m1/s1. The Kier molecular flexibility index (Phi) is 8.30. The molecular formula is C18H21F3N4O5. The lowest BCUT2D eigenvalue weighted by Gasteiger charge is -2.12. The molecule has 2 rings (SSSR count). The Bertz CT molecular complexity index is 839. The Hall–Kier alpha value is -2.99. The van der Waals surface area contributed by atoms with E-state index >= 15 is 0 Å². The summed E-state index contributed by atoms with van der Waals surface area (Å²) in [6.07, 6.45) is -4.94. The fraction of sp³-hybridized carbons (Fsp3) is 0.444. The average Bonchev–Trinajstić information content (AvgIpc) is 3.21. The molecule has 0 aliphatic heterocycles. The molecule has 12 heteroatoms. The van der Waals surface area contributed by atoms with Crippen molar-refractivity contribution in [3.63, 3.8) is 0 Å². The Balaban J connectivity index is 1.73. The van der Waals surface area contributed by atoms with Gasteiger partial charge in [0.1, 0.15) is 0 Å². The van der Waals surface area contributed by atoms with Crippen molar-refractivity contribution in [2.45, 2.75) is 32.5 Å². The maximum absolute atomic E-state index is 12.5. The number of carbonyl (C=O) groups excluding carboxylic acids is 2. The van der Waals surface area contributed by atoms with Gasteiger partial charge in [-0.25, -0.2) is 10.3 Å². The number of amides is 1. The predicted octanol–water partition coefficient (Wildman–Crippen LogP) is 2.35.